The lowest BCUT2D eigenvalue weighted by molar-refractivity contribution is -0.136. The Morgan fingerprint density at radius 2 is 2.16 bits per heavy atom. The Balaban J connectivity index is 2.64. The maximum atomic E-state index is 11.8. The Labute approximate surface area is 121 Å². The van der Waals surface area contributed by atoms with Gasteiger partial charge in [0.1, 0.15) is 0 Å². The first-order valence-corrected chi connectivity index (χ1v) is 7.01. The Morgan fingerprint density at radius 1 is 1.42 bits per heavy atom. The molecule has 0 aliphatic heterocycles. The number of phenols is 1. The molecule has 1 rings (SSSR count). The van der Waals surface area contributed by atoms with Crippen LogP contribution in [-0.2, 0) is 9.53 Å². The summed E-state index contributed by atoms with van der Waals surface area (Å²) < 4.78 is 10.1. The molecule has 4 nitrogen and oxygen atoms in total. The molecule has 0 radical (unpaired) electrons. The molecule has 0 fully saturated rings. The lowest BCUT2D eigenvalue weighted by atomic mass is 10.1. The van der Waals surface area contributed by atoms with Crippen molar-refractivity contribution in [3.8, 4) is 11.5 Å². The van der Waals surface area contributed by atoms with Crippen LogP contribution in [0.2, 0.25) is 0 Å². The first-order chi connectivity index (χ1) is 9.10. The van der Waals surface area contributed by atoms with Gasteiger partial charge >= 0.3 is 5.97 Å². The molecular weight excluding hydrogens is 312 g/mol. The number of aromatic hydroxyl groups is 1. The molecule has 0 bridgehead atoms. The third-order valence-corrected chi connectivity index (χ3v) is 3.10. The second-order valence-corrected chi connectivity index (χ2v) is 4.69. The summed E-state index contributed by atoms with van der Waals surface area (Å²) in [4.78, 5) is 11.8. The quantitative estimate of drug-likeness (QED) is 0.361. The number of esters is 1. The van der Waals surface area contributed by atoms with Crippen LogP contribution in [0.5, 0.6) is 11.5 Å². The van der Waals surface area contributed by atoms with Crippen LogP contribution in [0.25, 0.3) is 5.57 Å². The normalized spacial score (nSPS) is 10.0. The van der Waals surface area contributed by atoms with E-state index in [9.17, 15) is 9.90 Å². The van der Waals surface area contributed by atoms with Gasteiger partial charge in [-0.1, -0.05) is 28.6 Å². The largest absolute Gasteiger partial charge is 0.504 e. The van der Waals surface area contributed by atoms with Crippen molar-refractivity contribution in [3.63, 3.8) is 0 Å². The summed E-state index contributed by atoms with van der Waals surface area (Å²) in [6, 6.07) is 4.61. The smallest absolute Gasteiger partial charge is 0.338 e. The molecule has 1 aromatic carbocycles. The van der Waals surface area contributed by atoms with Crippen LogP contribution in [0.4, 0.5) is 0 Å². The third kappa shape index (κ3) is 4.59. The van der Waals surface area contributed by atoms with Crippen molar-refractivity contribution in [3.05, 3.63) is 30.3 Å². The third-order valence-electron chi connectivity index (χ3n) is 2.54. The average molecular weight is 329 g/mol. The second-order valence-electron chi connectivity index (χ2n) is 3.90. The molecule has 104 valence electrons. The lowest BCUT2D eigenvalue weighted by Gasteiger charge is -2.09. The van der Waals surface area contributed by atoms with Crippen molar-refractivity contribution < 1.29 is 19.4 Å². The van der Waals surface area contributed by atoms with Gasteiger partial charge in [0.05, 0.1) is 19.3 Å². The lowest BCUT2D eigenvalue weighted by Crippen LogP contribution is -2.07. The van der Waals surface area contributed by atoms with E-state index in [0.29, 0.717) is 17.9 Å². The van der Waals surface area contributed by atoms with Gasteiger partial charge in [0.15, 0.2) is 11.5 Å². The van der Waals surface area contributed by atoms with Crippen molar-refractivity contribution in [1.82, 2.24) is 0 Å². The summed E-state index contributed by atoms with van der Waals surface area (Å²) in [5.74, 6) is -0.141. The summed E-state index contributed by atoms with van der Waals surface area (Å²) in [5.41, 5.74) is 0.817. The fourth-order valence-corrected chi connectivity index (χ4v) is 1.83. The van der Waals surface area contributed by atoms with E-state index >= 15 is 0 Å². The molecule has 0 amide bonds. The maximum absolute atomic E-state index is 11.8. The minimum Gasteiger partial charge on any atom is -0.504 e. The highest BCUT2D eigenvalue weighted by Crippen LogP contribution is 2.29. The first-order valence-electron chi connectivity index (χ1n) is 5.89. The number of phenolic OH excluding ortho intramolecular Hbond substituents is 1. The van der Waals surface area contributed by atoms with Crippen LogP contribution in [0, 0.1) is 0 Å². The van der Waals surface area contributed by atoms with E-state index in [1.54, 1.807) is 12.1 Å². The van der Waals surface area contributed by atoms with Crippen LogP contribution in [0.3, 0.4) is 0 Å². The Morgan fingerprint density at radius 3 is 2.79 bits per heavy atom. The van der Waals surface area contributed by atoms with Crippen molar-refractivity contribution >= 4 is 27.5 Å². The number of unbranched alkanes of at least 4 members (excludes halogenated alkanes) is 1. The number of halogens is 1. The zero-order valence-corrected chi connectivity index (χ0v) is 12.4. The molecular formula is C14H17BrO4. The van der Waals surface area contributed by atoms with Crippen molar-refractivity contribution in [2.45, 2.75) is 12.8 Å². The highest BCUT2D eigenvalue weighted by atomic mass is 79.9. The highest BCUT2D eigenvalue weighted by Gasteiger charge is 2.13. The molecule has 0 saturated heterocycles. The SMILES string of the molecule is C=C(C(=O)OCCCCBr)c1ccc(O)c(OC)c1. The van der Waals surface area contributed by atoms with E-state index in [2.05, 4.69) is 22.5 Å². The number of ether oxygens (including phenoxy) is 2. The molecule has 1 aromatic rings. The Hall–Kier alpha value is -1.49. The zero-order valence-electron chi connectivity index (χ0n) is 10.8. The second kappa shape index (κ2) is 7.84. The van der Waals surface area contributed by atoms with Crippen molar-refractivity contribution in [2.75, 3.05) is 19.0 Å². The van der Waals surface area contributed by atoms with Gasteiger partial charge in [0, 0.05) is 5.33 Å². The van der Waals surface area contributed by atoms with Gasteiger partial charge < -0.3 is 14.6 Å². The highest BCUT2D eigenvalue weighted by molar-refractivity contribution is 9.09. The van der Waals surface area contributed by atoms with E-state index in [4.69, 9.17) is 9.47 Å². The standard InChI is InChI=1S/C14H17BrO4/c1-10(14(17)19-8-4-3-7-15)11-5-6-12(16)13(9-11)18-2/h5-6,9,16H,1,3-4,7-8H2,2H3. The van der Waals surface area contributed by atoms with Crippen molar-refractivity contribution in [1.29, 1.82) is 0 Å². The predicted molar refractivity (Wildman–Crippen MR) is 77.7 cm³/mol. The minimum atomic E-state index is -0.456. The van der Waals surface area contributed by atoms with Gasteiger partial charge in [-0.2, -0.15) is 0 Å². The van der Waals surface area contributed by atoms with Crippen LogP contribution in [0.1, 0.15) is 18.4 Å². The van der Waals surface area contributed by atoms with E-state index in [-0.39, 0.29) is 11.3 Å². The molecule has 0 spiro atoms. The van der Waals surface area contributed by atoms with Crippen LogP contribution >= 0.6 is 15.9 Å². The molecule has 0 unspecified atom stereocenters. The van der Waals surface area contributed by atoms with Gasteiger partial charge in [-0.05, 0) is 30.5 Å². The number of alkyl halides is 1. The molecule has 19 heavy (non-hydrogen) atoms. The molecule has 0 aromatic heterocycles. The molecule has 0 aliphatic rings. The van der Waals surface area contributed by atoms with Crippen LogP contribution < -0.4 is 4.74 Å². The Bertz CT molecular complexity index is 457. The number of carbonyl (C=O) groups excluding carboxylic acids is 1. The van der Waals surface area contributed by atoms with E-state index in [1.165, 1.54) is 13.2 Å². The molecule has 0 atom stereocenters. The topological polar surface area (TPSA) is 55.8 Å². The van der Waals surface area contributed by atoms with Gasteiger partial charge in [-0.15, -0.1) is 0 Å². The molecule has 1 N–H and O–H groups in total. The minimum absolute atomic E-state index is 0.0183. The number of hydrogen-bond acceptors (Lipinski definition) is 4. The fraction of sp³-hybridized carbons (Fsp3) is 0.357. The van der Waals surface area contributed by atoms with E-state index in [0.717, 1.165) is 18.2 Å². The van der Waals surface area contributed by atoms with Crippen LogP contribution in [0.15, 0.2) is 24.8 Å². The van der Waals surface area contributed by atoms with E-state index < -0.39 is 5.97 Å². The number of carbonyl (C=O) groups is 1. The summed E-state index contributed by atoms with van der Waals surface area (Å²) in [6.45, 7) is 4.08. The molecule has 0 heterocycles. The summed E-state index contributed by atoms with van der Waals surface area (Å²) >= 11 is 3.31. The van der Waals surface area contributed by atoms with Gasteiger partial charge in [-0.3, -0.25) is 0 Å². The average Bonchev–Trinajstić information content (AvgIpc) is 2.43. The maximum Gasteiger partial charge on any atom is 0.338 e. The monoisotopic (exact) mass is 328 g/mol. The van der Waals surface area contributed by atoms with Gasteiger partial charge in [0.25, 0.3) is 0 Å². The summed E-state index contributed by atoms with van der Waals surface area (Å²) in [5, 5.41) is 10.4. The number of benzene rings is 1. The Kier molecular flexibility index (Phi) is 6.42. The summed E-state index contributed by atoms with van der Waals surface area (Å²) in [7, 11) is 1.44. The molecule has 0 saturated carbocycles. The number of methoxy groups -OCH3 is 1. The first kappa shape index (κ1) is 15.6. The predicted octanol–water partition coefficient (Wildman–Crippen LogP) is 3.13. The molecule has 0 aliphatic carbocycles. The fourth-order valence-electron chi connectivity index (χ4n) is 1.43. The van der Waals surface area contributed by atoms with Gasteiger partial charge in [-0.25, -0.2) is 4.79 Å². The number of hydrogen-bond donors (Lipinski definition) is 1. The van der Waals surface area contributed by atoms with Crippen LogP contribution in [-0.4, -0.2) is 30.1 Å². The van der Waals surface area contributed by atoms with Gasteiger partial charge in [0.2, 0.25) is 0 Å². The van der Waals surface area contributed by atoms with E-state index in [1.807, 2.05) is 0 Å². The zero-order chi connectivity index (χ0) is 14.3. The summed E-state index contributed by atoms with van der Waals surface area (Å²) in [6.07, 6.45) is 1.76. The molecule has 5 heteroatoms. The number of rotatable bonds is 7. The van der Waals surface area contributed by atoms with Crippen molar-refractivity contribution in [2.24, 2.45) is 0 Å².